The van der Waals surface area contributed by atoms with Crippen molar-refractivity contribution in [3.63, 3.8) is 0 Å². The van der Waals surface area contributed by atoms with Gasteiger partial charge in [-0.1, -0.05) is 47.5 Å². The third kappa shape index (κ3) is 3.92. The molecule has 4 aromatic rings. The summed E-state index contributed by atoms with van der Waals surface area (Å²) in [5, 5.41) is 3.32. The van der Waals surface area contributed by atoms with E-state index < -0.39 is 0 Å². The van der Waals surface area contributed by atoms with Crippen LogP contribution in [-0.4, -0.2) is 19.8 Å². The Morgan fingerprint density at radius 1 is 1.17 bits per heavy atom. The summed E-state index contributed by atoms with van der Waals surface area (Å²) < 4.78 is 6.13. The van der Waals surface area contributed by atoms with Gasteiger partial charge in [0.25, 0.3) is 5.56 Å². The molecule has 0 unspecified atom stereocenters. The minimum atomic E-state index is -0.332. The second-order valence-electron chi connectivity index (χ2n) is 6.76. The molecule has 0 aliphatic carbocycles. The van der Waals surface area contributed by atoms with E-state index in [-0.39, 0.29) is 18.0 Å². The molecule has 0 fully saturated rings. The van der Waals surface area contributed by atoms with Crippen molar-refractivity contribution in [3.05, 3.63) is 75.3 Å². The molecular formula is C21H17ClN4O2S. The molecule has 0 saturated carbocycles. The number of nitrogens with one attached hydrogen (secondary N) is 1. The first-order valence-electron chi connectivity index (χ1n) is 8.90. The minimum absolute atomic E-state index is 0.147. The van der Waals surface area contributed by atoms with Gasteiger partial charge in [0.2, 0.25) is 5.91 Å². The number of aryl methyl sites for hydroxylation is 2. The van der Waals surface area contributed by atoms with Crippen molar-refractivity contribution in [1.82, 2.24) is 13.9 Å². The van der Waals surface area contributed by atoms with E-state index in [2.05, 4.69) is 14.7 Å². The first-order valence-corrected chi connectivity index (χ1v) is 10.1. The molecule has 0 bridgehead atoms. The number of nitrogens with zero attached hydrogens (tertiary/aromatic N) is 3. The summed E-state index contributed by atoms with van der Waals surface area (Å²) >= 11 is 7.08. The van der Waals surface area contributed by atoms with E-state index in [1.807, 2.05) is 44.2 Å². The normalized spacial score (nSPS) is 11.0. The molecule has 29 heavy (non-hydrogen) atoms. The van der Waals surface area contributed by atoms with Crippen LogP contribution in [0, 0.1) is 13.8 Å². The zero-order valence-electron chi connectivity index (χ0n) is 15.8. The zero-order chi connectivity index (χ0) is 20.5. The summed E-state index contributed by atoms with van der Waals surface area (Å²) in [7, 11) is 0. The Bertz CT molecular complexity index is 1280. The number of benzene rings is 2. The molecule has 0 aliphatic heterocycles. The van der Waals surface area contributed by atoms with Crippen molar-refractivity contribution in [2.45, 2.75) is 20.4 Å². The van der Waals surface area contributed by atoms with Crippen LogP contribution in [0.3, 0.4) is 0 Å². The molecule has 2 heterocycles. The van der Waals surface area contributed by atoms with Crippen molar-refractivity contribution in [3.8, 4) is 11.3 Å². The van der Waals surface area contributed by atoms with Crippen molar-refractivity contribution in [2.75, 3.05) is 5.32 Å². The second kappa shape index (κ2) is 7.77. The fraction of sp³-hybridized carbons (Fsp3) is 0.143. The Kier molecular flexibility index (Phi) is 5.17. The lowest BCUT2D eigenvalue weighted by Crippen LogP contribution is -2.27. The number of fused-ring (bicyclic) bond motifs is 1. The van der Waals surface area contributed by atoms with Crippen LogP contribution in [0.5, 0.6) is 0 Å². The fourth-order valence-corrected chi connectivity index (χ4v) is 3.92. The number of anilines is 1. The molecular weight excluding hydrogens is 408 g/mol. The highest BCUT2D eigenvalue weighted by atomic mass is 35.5. The molecule has 2 aromatic heterocycles. The van der Waals surface area contributed by atoms with E-state index in [1.54, 1.807) is 12.1 Å². The lowest BCUT2D eigenvalue weighted by atomic mass is 10.1. The van der Waals surface area contributed by atoms with E-state index >= 15 is 0 Å². The number of hydrogen-bond acceptors (Lipinski definition) is 5. The largest absolute Gasteiger partial charge is 0.324 e. The quantitative estimate of drug-likeness (QED) is 0.525. The maximum atomic E-state index is 12.8. The van der Waals surface area contributed by atoms with Crippen molar-refractivity contribution in [1.29, 1.82) is 0 Å². The maximum Gasteiger partial charge on any atom is 0.273 e. The maximum absolute atomic E-state index is 12.8. The number of carbonyl (C=O) groups is 1. The van der Waals surface area contributed by atoms with Crippen LogP contribution in [0.2, 0.25) is 5.02 Å². The molecule has 0 saturated heterocycles. The number of hydrogen-bond donors (Lipinski definition) is 1. The van der Waals surface area contributed by atoms with Gasteiger partial charge in [-0.15, -0.1) is 0 Å². The van der Waals surface area contributed by atoms with Gasteiger partial charge < -0.3 is 5.32 Å². The predicted molar refractivity (Wildman–Crippen MR) is 117 cm³/mol. The Balaban J connectivity index is 1.61. The monoisotopic (exact) mass is 424 g/mol. The highest BCUT2D eigenvalue weighted by Gasteiger charge is 2.16. The van der Waals surface area contributed by atoms with Gasteiger partial charge in [0, 0.05) is 16.3 Å². The first-order chi connectivity index (χ1) is 13.9. The van der Waals surface area contributed by atoms with Crippen molar-refractivity contribution < 1.29 is 4.79 Å². The second-order valence-corrected chi connectivity index (χ2v) is 7.97. The number of amides is 1. The summed E-state index contributed by atoms with van der Waals surface area (Å²) in [6.45, 7) is 3.73. The Hall–Kier alpha value is -3.03. The van der Waals surface area contributed by atoms with Crippen LogP contribution in [0.1, 0.15) is 11.1 Å². The average molecular weight is 425 g/mol. The van der Waals surface area contributed by atoms with Gasteiger partial charge in [-0.05, 0) is 43.1 Å². The van der Waals surface area contributed by atoms with E-state index in [4.69, 9.17) is 11.6 Å². The Morgan fingerprint density at radius 2 is 1.93 bits per heavy atom. The number of halogens is 1. The van der Waals surface area contributed by atoms with E-state index in [1.165, 1.54) is 10.9 Å². The van der Waals surface area contributed by atoms with E-state index in [9.17, 15) is 9.59 Å². The van der Waals surface area contributed by atoms with Gasteiger partial charge >= 0.3 is 0 Å². The molecule has 0 radical (unpaired) electrons. The predicted octanol–water partition coefficient (Wildman–Crippen LogP) is 4.43. The zero-order valence-corrected chi connectivity index (χ0v) is 17.3. The highest BCUT2D eigenvalue weighted by Crippen LogP contribution is 2.27. The lowest BCUT2D eigenvalue weighted by Gasteiger charge is -2.10. The van der Waals surface area contributed by atoms with Gasteiger partial charge in [0.05, 0.1) is 6.33 Å². The van der Waals surface area contributed by atoms with Gasteiger partial charge in [0.1, 0.15) is 22.5 Å². The summed E-state index contributed by atoms with van der Waals surface area (Å²) in [6, 6.07) is 13.1. The lowest BCUT2D eigenvalue weighted by molar-refractivity contribution is -0.116. The Morgan fingerprint density at radius 3 is 2.69 bits per heavy atom. The number of carbonyl (C=O) groups excluding carboxylic acids is 1. The Labute approximate surface area is 176 Å². The average Bonchev–Trinajstić information content (AvgIpc) is 3.12. The van der Waals surface area contributed by atoms with Crippen LogP contribution in [0.15, 0.2) is 53.6 Å². The SMILES string of the molecule is Cc1ccc(-c2nsc3c(=O)n(CC(=O)Nc4cc(Cl)ccc4C)cnc23)cc1. The van der Waals surface area contributed by atoms with Crippen LogP contribution >= 0.6 is 23.1 Å². The molecule has 0 aliphatic rings. The summed E-state index contributed by atoms with van der Waals surface area (Å²) in [5.41, 5.74) is 4.48. The summed E-state index contributed by atoms with van der Waals surface area (Å²) in [6.07, 6.45) is 1.39. The van der Waals surface area contributed by atoms with E-state index in [0.717, 1.165) is 28.2 Å². The van der Waals surface area contributed by atoms with Crippen molar-refractivity contribution >= 4 is 44.9 Å². The molecule has 4 rings (SSSR count). The summed E-state index contributed by atoms with van der Waals surface area (Å²) in [4.78, 5) is 29.7. The molecule has 6 nitrogen and oxygen atoms in total. The number of rotatable bonds is 4. The minimum Gasteiger partial charge on any atom is -0.324 e. The van der Waals surface area contributed by atoms with Crippen LogP contribution in [0.25, 0.3) is 21.5 Å². The number of aromatic nitrogens is 3. The summed E-state index contributed by atoms with van der Waals surface area (Å²) in [5.74, 6) is -0.332. The van der Waals surface area contributed by atoms with Gasteiger partial charge in [-0.25, -0.2) is 4.98 Å². The van der Waals surface area contributed by atoms with Gasteiger partial charge in [0.15, 0.2) is 0 Å². The fourth-order valence-electron chi connectivity index (χ4n) is 2.94. The van der Waals surface area contributed by atoms with E-state index in [0.29, 0.717) is 26.6 Å². The molecule has 0 spiro atoms. The molecule has 1 N–H and O–H groups in total. The third-order valence-electron chi connectivity index (χ3n) is 4.56. The first kappa shape index (κ1) is 19.3. The molecule has 8 heteroatoms. The van der Waals surface area contributed by atoms with Crippen LogP contribution < -0.4 is 10.9 Å². The van der Waals surface area contributed by atoms with Gasteiger partial charge in [-0.2, -0.15) is 4.37 Å². The van der Waals surface area contributed by atoms with Crippen molar-refractivity contribution in [2.24, 2.45) is 0 Å². The van der Waals surface area contributed by atoms with Crippen LogP contribution in [0.4, 0.5) is 5.69 Å². The molecule has 2 aromatic carbocycles. The third-order valence-corrected chi connectivity index (χ3v) is 5.62. The molecule has 1 amide bonds. The standard InChI is InChI=1S/C21H17ClN4O2S/c1-12-3-6-14(7-4-12)18-19-20(29-25-18)21(28)26(11-23-19)10-17(27)24-16-9-15(22)8-5-13(16)2/h3-9,11H,10H2,1-2H3,(H,24,27). The molecule has 0 atom stereocenters. The van der Waals surface area contributed by atoms with Crippen LogP contribution in [-0.2, 0) is 11.3 Å². The highest BCUT2D eigenvalue weighted by molar-refractivity contribution is 7.13. The molecule has 146 valence electrons. The smallest absolute Gasteiger partial charge is 0.273 e. The topological polar surface area (TPSA) is 76.9 Å². The van der Waals surface area contributed by atoms with Gasteiger partial charge in [-0.3, -0.25) is 14.2 Å².